The van der Waals surface area contributed by atoms with Gasteiger partial charge in [-0.15, -0.1) is 0 Å². The molecular weight excluding hydrogens is 350 g/mol. The molecule has 4 nitrogen and oxygen atoms in total. The Morgan fingerprint density at radius 2 is 1.57 bits per heavy atom. The Labute approximate surface area is 164 Å². The van der Waals surface area contributed by atoms with E-state index in [1.807, 2.05) is 61.5 Å². The van der Waals surface area contributed by atoms with Crippen molar-refractivity contribution in [2.75, 3.05) is 13.7 Å². The molecule has 0 heterocycles. The van der Waals surface area contributed by atoms with E-state index in [0.717, 1.165) is 22.4 Å². The highest BCUT2D eigenvalue weighted by molar-refractivity contribution is 6.22. The molecule has 3 aromatic carbocycles. The highest BCUT2D eigenvalue weighted by atomic mass is 16.5. The first-order chi connectivity index (χ1) is 13.6. The number of carbonyl (C=O) groups excluding carboxylic acids is 2. The molecule has 0 saturated heterocycles. The van der Waals surface area contributed by atoms with Crippen LogP contribution >= 0.6 is 0 Å². The zero-order chi connectivity index (χ0) is 19.7. The molecule has 1 aliphatic rings. The van der Waals surface area contributed by atoms with Gasteiger partial charge in [-0.25, -0.2) is 0 Å². The average molecular weight is 371 g/mol. The molecule has 0 unspecified atom stereocenters. The SMILES string of the molecule is CCOc1ccc(CN(C)C(=O)c2ccc3c(c2)C(=O)c2ccccc2-3)cc1. The third-order valence-electron chi connectivity index (χ3n) is 4.97. The number of amides is 1. The predicted molar refractivity (Wildman–Crippen MR) is 109 cm³/mol. The van der Waals surface area contributed by atoms with Gasteiger partial charge >= 0.3 is 0 Å². The fourth-order valence-corrected chi connectivity index (χ4v) is 3.58. The van der Waals surface area contributed by atoms with Crippen LogP contribution in [0.3, 0.4) is 0 Å². The lowest BCUT2D eigenvalue weighted by molar-refractivity contribution is 0.0785. The summed E-state index contributed by atoms with van der Waals surface area (Å²) in [5, 5.41) is 0. The van der Waals surface area contributed by atoms with Gasteiger partial charge in [-0.3, -0.25) is 9.59 Å². The van der Waals surface area contributed by atoms with Gasteiger partial charge in [0.25, 0.3) is 5.91 Å². The summed E-state index contributed by atoms with van der Waals surface area (Å²) < 4.78 is 5.45. The molecule has 3 aromatic rings. The minimum atomic E-state index is -0.111. The first kappa shape index (κ1) is 18.0. The highest BCUT2D eigenvalue weighted by Crippen LogP contribution is 2.36. The van der Waals surface area contributed by atoms with Crippen molar-refractivity contribution in [2.24, 2.45) is 0 Å². The van der Waals surface area contributed by atoms with E-state index in [2.05, 4.69) is 0 Å². The van der Waals surface area contributed by atoms with Crippen LogP contribution in [-0.2, 0) is 6.54 Å². The molecule has 140 valence electrons. The summed E-state index contributed by atoms with van der Waals surface area (Å²) in [5.41, 5.74) is 4.67. The molecule has 0 aromatic heterocycles. The zero-order valence-corrected chi connectivity index (χ0v) is 15.9. The molecule has 4 rings (SSSR count). The molecule has 1 aliphatic carbocycles. The van der Waals surface area contributed by atoms with E-state index in [0.29, 0.717) is 29.8 Å². The number of ketones is 1. The van der Waals surface area contributed by atoms with Crippen LogP contribution in [0.4, 0.5) is 0 Å². The third-order valence-corrected chi connectivity index (χ3v) is 4.97. The average Bonchev–Trinajstić information content (AvgIpc) is 3.01. The molecule has 4 heteroatoms. The van der Waals surface area contributed by atoms with Crippen molar-refractivity contribution in [3.8, 4) is 16.9 Å². The summed E-state index contributed by atoms with van der Waals surface area (Å²) >= 11 is 0. The minimum absolute atomic E-state index is 0.0191. The van der Waals surface area contributed by atoms with E-state index < -0.39 is 0 Å². The predicted octanol–water partition coefficient (Wildman–Crippen LogP) is 4.57. The maximum atomic E-state index is 12.9. The van der Waals surface area contributed by atoms with Crippen LogP contribution in [0.2, 0.25) is 0 Å². The molecule has 0 saturated carbocycles. The number of ether oxygens (including phenoxy) is 1. The summed E-state index contributed by atoms with van der Waals surface area (Å²) in [6.45, 7) is 3.05. The van der Waals surface area contributed by atoms with Gasteiger partial charge in [-0.2, -0.15) is 0 Å². The molecule has 1 amide bonds. The van der Waals surface area contributed by atoms with Gasteiger partial charge in [0.2, 0.25) is 0 Å². The van der Waals surface area contributed by atoms with Crippen molar-refractivity contribution in [1.29, 1.82) is 0 Å². The minimum Gasteiger partial charge on any atom is -0.494 e. The number of benzene rings is 3. The number of fused-ring (bicyclic) bond motifs is 3. The number of hydrogen-bond donors (Lipinski definition) is 0. The Morgan fingerprint density at radius 1 is 0.893 bits per heavy atom. The van der Waals surface area contributed by atoms with Crippen molar-refractivity contribution >= 4 is 11.7 Å². The van der Waals surface area contributed by atoms with E-state index >= 15 is 0 Å². The van der Waals surface area contributed by atoms with Crippen LogP contribution in [0.25, 0.3) is 11.1 Å². The maximum absolute atomic E-state index is 12.9. The lowest BCUT2D eigenvalue weighted by atomic mass is 10.0. The second kappa shape index (κ2) is 7.31. The first-order valence-electron chi connectivity index (χ1n) is 9.34. The summed E-state index contributed by atoms with van der Waals surface area (Å²) in [4.78, 5) is 27.2. The quantitative estimate of drug-likeness (QED) is 0.516. The number of rotatable bonds is 5. The van der Waals surface area contributed by atoms with Crippen LogP contribution in [0.5, 0.6) is 5.75 Å². The fraction of sp³-hybridized carbons (Fsp3) is 0.167. The van der Waals surface area contributed by atoms with E-state index in [-0.39, 0.29) is 11.7 Å². The molecule has 0 N–H and O–H groups in total. The fourth-order valence-electron chi connectivity index (χ4n) is 3.58. The van der Waals surface area contributed by atoms with Gasteiger partial charge in [-0.1, -0.05) is 42.5 Å². The van der Waals surface area contributed by atoms with Crippen molar-refractivity contribution < 1.29 is 14.3 Å². The Bertz CT molecular complexity index is 1050. The molecule has 0 atom stereocenters. The topological polar surface area (TPSA) is 46.6 Å². The van der Waals surface area contributed by atoms with Crippen molar-refractivity contribution in [3.05, 3.63) is 89.0 Å². The van der Waals surface area contributed by atoms with E-state index in [1.54, 1.807) is 24.1 Å². The smallest absolute Gasteiger partial charge is 0.253 e. The first-order valence-corrected chi connectivity index (χ1v) is 9.34. The van der Waals surface area contributed by atoms with E-state index in [1.165, 1.54) is 0 Å². The Hall–Kier alpha value is -3.40. The second-order valence-corrected chi connectivity index (χ2v) is 6.87. The van der Waals surface area contributed by atoms with Gasteiger partial charge in [0.15, 0.2) is 5.78 Å². The standard InChI is InChI=1S/C24H21NO3/c1-3-28-18-11-8-16(9-12-18)15-25(2)24(27)17-10-13-20-19-6-4-5-7-21(19)23(26)22(20)14-17/h4-14H,3,15H2,1-2H3. The van der Waals surface area contributed by atoms with Gasteiger partial charge in [0.05, 0.1) is 6.61 Å². The molecule has 28 heavy (non-hydrogen) atoms. The van der Waals surface area contributed by atoms with Gasteiger partial charge < -0.3 is 9.64 Å². The molecule has 0 spiro atoms. The Kier molecular flexibility index (Phi) is 4.70. The van der Waals surface area contributed by atoms with Gasteiger partial charge in [0.1, 0.15) is 5.75 Å². The number of carbonyl (C=O) groups is 2. The summed E-state index contributed by atoms with van der Waals surface area (Å²) in [6, 6.07) is 20.7. The van der Waals surface area contributed by atoms with Crippen LogP contribution in [0, 0.1) is 0 Å². The number of nitrogens with zero attached hydrogens (tertiary/aromatic N) is 1. The second-order valence-electron chi connectivity index (χ2n) is 6.87. The van der Waals surface area contributed by atoms with Crippen molar-refractivity contribution in [3.63, 3.8) is 0 Å². The third kappa shape index (κ3) is 3.18. The lowest BCUT2D eigenvalue weighted by Gasteiger charge is -2.18. The monoisotopic (exact) mass is 371 g/mol. The molecule has 0 fully saturated rings. The zero-order valence-electron chi connectivity index (χ0n) is 15.9. The van der Waals surface area contributed by atoms with E-state index in [4.69, 9.17) is 4.74 Å². The van der Waals surface area contributed by atoms with Crippen LogP contribution in [0.1, 0.15) is 38.8 Å². The van der Waals surface area contributed by atoms with Gasteiger partial charge in [0, 0.05) is 30.3 Å². The van der Waals surface area contributed by atoms with Crippen LogP contribution in [-0.4, -0.2) is 30.2 Å². The lowest BCUT2D eigenvalue weighted by Crippen LogP contribution is -2.26. The van der Waals surface area contributed by atoms with Crippen molar-refractivity contribution in [1.82, 2.24) is 4.90 Å². The Balaban J connectivity index is 1.53. The van der Waals surface area contributed by atoms with Crippen LogP contribution in [0.15, 0.2) is 66.7 Å². The normalized spacial score (nSPS) is 11.7. The Morgan fingerprint density at radius 3 is 2.29 bits per heavy atom. The van der Waals surface area contributed by atoms with Crippen LogP contribution < -0.4 is 4.74 Å². The summed E-state index contributed by atoms with van der Waals surface area (Å²) in [7, 11) is 1.77. The molecular formula is C24H21NO3. The molecule has 0 aliphatic heterocycles. The van der Waals surface area contributed by atoms with Gasteiger partial charge in [-0.05, 0) is 47.9 Å². The summed E-state index contributed by atoms with van der Waals surface area (Å²) in [5.74, 6) is 0.687. The highest BCUT2D eigenvalue weighted by Gasteiger charge is 2.27. The summed E-state index contributed by atoms with van der Waals surface area (Å²) in [6.07, 6.45) is 0. The molecule has 0 radical (unpaired) electrons. The molecule has 0 bridgehead atoms. The van der Waals surface area contributed by atoms with Crippen molar-refractivity contribution in [2.45, 2.75) is 13.5 Å². The largest absolute Gasteiger partial charge is 0.494 e. The van der Waals surface area contributed by atoms with E-state index in [9.17, 15) is 9.59 Å². The maximum Gasteiger partial charge on any atom is 0.253 e. The number of hydrogen-bond acceptors (Lipinski definition) is 3.